The van der Waals surface area contributed by atoms with Gasteiger partial charge in [-0.2, -0.15) is 0 Å². The van der Waals surface area contributed by atoms with Crippen molar-refractivity contribution in [3.63, 3.8) is 0 Å². The average Bonchev–Trinajstić information content (AvgIpc) is 2.22. The number of carbonyl (C=O) groups is 1. The van der Waals surface area contributed by atoms with E-state index < -0.39 is 12.4 Å². The summed E-state index contributed by atoms with van der Waals surface area (Å²) in [6.45, 7) is 0. The summed E-state index contributed by atoms with van der Waals surface area (Å²) >= 11 is 4.93. The lowest BCUT2D eigenvalue weighted by Crippen LogP contribution is -2.08. The van der Waals surface area contributed by atoms with Crippen LogP contribution in [-0.4, -0.2) is 18.1 Å². The average molecular weight is 406 g/mol. The summed E-state index contributed by atoms with van der Waals surface area (Å²) in [4.78, 5) is 14.7. The van der Waals surface area contributed by atoms with Gasteiger partial charge in [-0.15, -0.1) is 0 Å². The second kappa shape index (κ2) is 5.85. The minimum atomic E-state index is -2.68. The fraction of sp³-hybridized carbons (Fsp3) is 0.333. The number of alkyl halides is 2. The number of ether oxygens (including phenoxy) is 1. The summed E-state index contributed by atoms with van der Waals surface area (Å²) in [6.07, 6.45) is -2.79. The van der Waals surface area contributed by atoms with Crippen molar-refractivity contribution in [2.45, 2.75) is 12.8 Å². The fourth-order valence-corrected chi connectivity index (χ4v) is 2.04. The van der Waals surface area contributed by atoms with Crippen LogP contribution in [0.15, 0.2) is 10.5 Å². The molecule has 1 aromatic heterocycles. The number of nitrogens with zero attached hydrogens (tertiary/aromatic N) is 1. The van der Waals surface area contributed by atoms with E-state index in [9.17, 15) is 13.6 Å². The van der Waals surface area contributed by atoms with Crippen molar-refractivity contribution in [2.24, 2.45) is 0 Å². The largest absolute Gasteiger partial charge is 0.469 e. The van der Waals surface area contributed by atoms with Crippen molar-refractivity contribution in [3.8, 4) is 0 Å². The van der Waals surface area contributed by atoms with Gasteiger partial charge < -0.3 is 4.74 Å². The van der Waals surface area contributed by atoms with Gasteiger partial charge in [0.25, 0.3) is 6.43 Å². The van der Waals surface area contributed by atoms with Crippen LogP contribution in [0.5, 0.6) is 0 Å². The third kappa shape index (κ3) is 3.34. The van der Waals surface area contributed by atoms with E-state index >= 15 is 0 Å². The molecule has 7 heteroatoms. The number of methoxy groups -OCH3 is 1. The summed E-state index contributed by atoms with van der Waals surface area (Å²) < 4.78 is 30.5. The maximum atomic E-state index is 12.6. The SMILES string of the molecule is COC(=O)Cc1cc(I)c(Br)c(C(F)F)n1. The maximum Gasteiger partial charge on any atom is 0.311 e. The number of halogens is 4. The molecule has 16 heavy (non-hydrogen) atoms. The van der Waals surface area contributed by atoms with Crippen LogP contribution in [-0.2, 0) is 16.0 Å². The van der Waals surface area contributed by atoms with Gasteiger partial charge in [-0.1, -0.05) is 0 Å². The topological polar surface area (TPSA) is 39.2 Å². The highest BCUT2D eigenvalue weighted by molar-refractivity contribution is 14.1. The molecule has 0 aliphatic heterocycles. The standard InChI is InChI=1S/C9H7BrF2INO2/c1-16-6(15)3-4-2-5(13)7(10)8(14-4)9(11)12/h2,9H,3H2,1H3. The van der Waals surface area contributed by atoms with Gasteiger partial charge in [-0.05, 0) is 44.6 Å². The number of aromatic nitrogens is 1. The van der Waals surface area contributed by atoms with Crippen molar-refractivity contribution >= 4 is 44.5 Å². The number of hydrogen-bond donors (Lipinski definition) is 0. The molecule has 88 valence electrons. The van der Waals surface area contributed by atoms with E-state index in [1.165, 1.54) is 7.11 Å². The van der Waals surface area contributed by atoms with Crippen molar-refractivity contribution in [2.75, 3.05) is 7.11 Å². The highest BCUT2D eigenvalue weighted by Gasteiger charge is 2.18. The summed E-state index contributed by atoms with van der Waals surface area (Å²) in [5, 5.41) is 0. The first-order valence-electron chi connectivity index (χ1n) is 4.15. The van der Waals surface area contributed by atoms with Crippen molar-refractivity contribution in [1.29, 1.82) is 0 Å². The Hall–Kier alpha value is -0.310. The van der Waals surface area contributed by atoms with E-state index in [-0.39, 0.29) is 22.3 Å². The first kappa shape index (κ1) is 13.8. The molecule has 3 nitrogen and oxygen atoms in total. The zero-order chi connectivity index (χ0) is 12.3. The monoisotopic (exact) mass is 405 g/mol. The molecular formula is C9H7BrF2INO2. The molecule has 0 N–H and O–H groups in total. The summed E-state index contributed by atoms with van der Waals surface area (Å²) in [5.41, 5.74) is -0.0828. The third-order valence-corrected chi connectivity index (χ3v) is 4.18. The lowest BCUT2D eigenvalue weighted by molar-refractivity contribution is -0.139. The molecule has 0 bridgehead atoms. The summed E-state index contributed by atoms with van der Waals surface area (Å²) in [6, 6.07) is 1.56. The van der Waals surface area contributed by atoms with Crippen LogP contribution in [0.1, 0.15) is 17.8 Å². The number of rotatable bonds is 3. The number of esters is 1. The maximum absolute atomic E-state index is 12.6. The molecule has 0 amide bonds. The lowest BCUT2D eigenvalue weighted by atomic mass is 10.2. The van der Waals surface area contributed by atoms with Gasteiger partial charge >= 0.3 is 5.97 Å². The Labute approximate surface area is 113 Å². The molecule has 0 spiro atoms. The predicted octanol–water partition coefficient (Wildman–Crippen LogP) is 3.10. The van der Waals surface area contributed by atoms with E-state index in [4.69, 9.17) is 0 Å². The predicted molar refractivity (Wildman–Crippen MR) is 65.3 cm³/mol. The summed E-state index contributed by atoms with van der Waals surface area (Å²) in [5.74, 6) is -0.508. The van der Waals surface area contributed by atoms with Crippen LogP contribution < -0.4 is 0 Å². The van der Waals surface area contributed by atoms with Gasteiger partial charge in [0.2, 0.25) is 0 Å². The molecule has 0 aromatic carbocycles. The van der Waals surface area contributed by atoms with Crippen LogP contribution in [0.4, 0.5) is 8.78 Å². The molecule has 0 radical (unpaired) electrons. The zero-order valence-electron chi connectivity index (χ0n) is 8.14. The molecule has 0 aliphatic rings. The molecule has 0 fully saturated rings. The van der Waals surface area contributed by atoms with Gasteiger partial charge in [0.05, 0.1) is 23.7 Å². The molecule has 0 saturated carbocycles. The lowest BCUT2D eigenvalue weighted by Gasteiger charge is -2.07. The fourth-order valence-electron chi connectivity index (χ4n) is 1.02. The van der Waals surface area contributed by atoms with Crippen LogP contribution in [0.3, 0.4) is 0 Å². The Balaban J connectivity index is 3.09. The van der Waals surface area contributed by atoms with E-state index in [0.717, 1.165) is 0 Å². The van der Waals surface area contributed by atoms with Crippen molar-refractivity contribution in [3.05, 3.63) is 25.5 Å². The Morgan fingerprint density at radius 3 is 2.81 bits per heavy atom. The van der Waals surface area contributed by atoms with Crippen LogP contribution in [0.25, 0.3) is 0 Å². The van der Waals surface area contributed by atoms with E-state index in [1.807, 2.05) is 22.6 Å². The van der Waals surface area contributed by atoms with Crippen molar-refractivity contribution < 1.29 is 18.3 Å². The first-order chi connectivity index (χ1) is 7.45. The highest BCUT2D eigenvalue weighted by atomic mass is 127. The van der Waals surface area contributed by atoms with Gasteiger partial charge in [-0.3, -0.25) is 4.79 Å². The molecular weight excluding hydrogens is 399 g/mol. The molecule has 0 unspecified atom stereocenters. The normalized spacial score (nSPS) is 10.6. The first-order valence-corrected chi connectivity index (χ1v) is 6.02. The quantitative estimate of drug-likeness (QED) is 0.573. The van der Waals surface area contributed by atoms with Gasteiger partial charge in [0, 0.05) is 3.57 Å². The summed E-state index contributed by atoms with van der Waals surface area (Å²) in [7, 11) is 1.24. The van der Waals surface area contributed by atoms with Crippen LogP contribution in [0, 0.1) is 3.57 Å². The number of carbonyl (C=O) groups excluding carboxylic acids is 1. The Morgan fingerprint density at radius 2 is 2.31 bits per heavy atom. The second-order valence-electron chi connectivity index (χ2n) is 2.85. The van der Waals surface area contributed by atoms with Gasteiger partial charge in [0.15, 0.2) is 0 Å². The Bertz CT molecular complexity index is 415. The third-order valence-electron chi connectivity index (χ3n) is 1.75. The molecule has 0 atom stereocenters. The number of hydrogen-bond acceptors (Lipinski definition) is 3. The number of pyridine rings is 1. The minimum Gasteiger partial charge on any atom is -0.469 e. The van der Waals surface area contributed by atoms with E-state index in [0.29, 0.717) is 3.57 Å². The molecule has 1 rings (SSSR count). The zero-order valence-corrected chi connectivity index (χ0v) is 11.9. The second-order valence-corrected chi connectivity index (χ2v) is 4.80. The molecule has 0 saturated heterocycles. The molecule has 1 aromatic rings. The minimum absolute atomic E-state index is 0.112. The highest BCUT2D eigenvalue weighted by Crippen LogP contribution is 2.30. The smallest absolute Gasteiger partial charge is 0.311 e. The van der Waals surface area contributed by atoms with E-state index in [2.05, 4.69) is 25.7 Å². The van der Waals surface area contributed by atoms with Crippen LogP contribution in [0.2, 0.25) is 0 Å². The van der Waals surface area contributed by atoms with Gasteiger partial charge in [-0.25, -0.2) is 13.8 Å². The van der Waals surface area contributed by atoms with E-state index in [1.54, 1.807) is 6.07 Å². The Morgan fingerprint density at radius 1 is 1.69 bits per heavy atom. The van der Waals surface area contributed by atoms with Crippen LogP contribution >= 0.6 is 38.5 Å². The van der Waals surface area contributed by atoms with Gasteiger partial charge in [0.1, 0.15) is 5.69 Å². The van der Waals surface area contributed by atoms with Crippen molar-refractivity contribution in [1.82, 2.24) is 4.98 Å². The molecule has 1 heterocycles. The molecule has 0 aliphatic carbocycles. The Kier molecular flexibility index (Phi) is 5.03.